The van der Waals surface area contributed by atoms with E-state index in [-0.39, 0.29) is 16.8 Å². The van der Waals surface area contributed by atoms with Gasteiger partial charge in [0.15, 0.2) is 5.69 Å². The van der Waals surface area contributed by atoms with Gasteiger partial charge in [0.25, 0.3) is 5.91 Å². The number of imidazole rings is 1. The Morgan fingerprint density at radius 2 is 2.10 bits per heavy atom. The highest BCUT2D eigenvalue weighted by Crippen LogP contribution is 2.16. The molecule has 114 valence electrons. The number of nitrogens with one attached hydrogen (secondary N) is 2. The van der Waals surface area contributed by atoms with Crippen molar-refractivity contribution in [1.82, 2.24) is 20.0 Å². The molecule has 2 aromatic heterocycles. The minimum absolute atomic E-state index is 0.125. The standard InChI is InChI=1S/C13H18N4O3S/c1-14-7-5-8-15-12(18)11-10-6-3-4-9-17(10)13(16-11)21(2,19)20/h3-4,6,9,14H,5,7-8H2,1-2H3,(H,15,18). The first-order valence-corrected chi connectivity index (χ1v) is 8.44. The largest absolute Gasteiger partial charge is 0.351 e. The van der Waals surface area contributed by atoms with Gasteiger partial charge in [-0.3, -0.25) is 9.20 Å². The molecular formula is C13H18N4O3S. The van der Waals surface area contributed by atoms with Crippen LogP contribution in [0.25, 0.3) is 5.52 Å². The van der Waals surface area contributed by atoms with Crippen molar-refractivity contribution in [2.24, 2.45) is 0 Å². The van der Waals surface area contributed by atoms with Crippen LogP contribution in [0, 0.1) is 0 Å². The number of aromatic nitrogens is 2. The highest BCUT2D eigenvalue weighted by molar-refractivity contribution is 7.90. The second-order valence-electron chi connectivity index (χ2n) is 4.68. The number of nitrogens with zero attached hydrogens (tertiary/aromatic N) is 2. The summed E-state index contributed by atoms with van der Waals surface area (Å²) in [7, 11) is -1.67. The van der Waals surface area contributed by atoms with Gasteiger partial charge in [-0.15, -0.1) is 0 Å². The average Bonchev–Trinajstić information content (AvgIpc) is 2.83. The molecule has 0 bridgehead atoms. The quantitative estimate of drug-likeness (QED) is 0.737. The Kier molecular flexibility index (Phi) is 4.59. The molecule has 2 aromatic rings. The molecule has 1 amide bonds. The molecule has 0 aliphatic carbocycles. The Morgan fingerprint density at radius 1 is 1.33 bits per heavy atom. The van der Waals surface area contributed by atoms with Crippen molar-refractivity contribution in [3.05, 3.63) is 30.1 Å². The monoisotopic (exact) mass is 310 g/mol. The maximum absolute atomic E-state index is 12.2. The van der Waals surface area contributed by atoms with Crippen molar-refractivity contribution in [2.45, 2.75) is 11.6 Å². The number of rotatable bonds is 6. The van der Waals surface area contributed by atoms with Gasteiger partial charge in [0.1, 0.15) is 0 Å². The van der Waals surface area contributed by atoms with Gasteiger partial charge in [-0.1, -0.05) is 6.07 Å². The van der Waals surface area contributed by atoms with Gasteiger partial charge >= 0.3 is 0 Å². The van der Waals surface area contributed by atoms with Gasteiger partial charge in [0.2, 0.25) is 15.0 Å². The van der Waals surface area contributed by atoms with Crippen molar-refractivity contribution in [3.63, 3.8) is 0 Å². The summed E-state index contributed by atoms with van der Waals surface area (Å²) in [4.78, 5) is 16.2. The SMILES string of the molecule is CNCCCNC(=O)c1nc(S(C)(=O)=O)n2ccccc12. The van der Waals surface area contributed by atoms with Crippen LogP contribution < -0.4 is 10.6 Å². The topological polar surface area (TPSA) is 92.6 Å². The van der Waals surface area contributed by atoms with Crippen LogP contribution in [0.1, 0.15) is 16.9 Å². The fourth-order valence-corrected chi connectivity index (χ4v) is 2.76. The predicted octanol–water partition coefficient (Wildman–Crippen LogP) is 0.0771. The van der Waals surface area contributed by atoms with Crippen molar-refractivity contribution >= 4 is 21.3 Å². The number of carbonyl (C=O) groups excluding carboxylic acids is 1. The van der Waals surface area contributed by atoms with E-state index in [4.69, 9.17) is 0 Å². The van der Waals surface area contributed by atoms with E-state index in [9.17, 15) is 13.2 Å². The van der Waals surface area contributed by atoms with Crippen molar-refractivity contribution in [3.8, 4) is 0 Å². The molecule has 8 heteroatoms. The summed E-state index contributed by atoms with van der Waals surface area (Å²) in [5, 5.41) is 5.60. The number of sulfone groups is 1. The lowest BCUT2D eigenvalue weighted by Crippen LogP contribution is -2.27. The molecule has 2 rings (SSSR count). The van der Waals surface area contributed by atoms with Crippen LogP contribution in [0.15, 0.2) is 29.6 Å². The fraction of sp³-hybridized carbons (Fsp3) is 0.385. The molecule has 2 N–H and O–H groups in total. The normalized spacial score (nSPS) is 11.7. The lowest BCUT2D eigenvalue weighted by atomic mass is 10.3. The first kappa shape index (κ1) is 15.5. The van der Waals surface area contributed by atoms with E-state index >= 15 is 0 Å². The molecule has 2 heterocycles. The third-order valence-corrected chi connectivity index (χ3v) is 3.90. The Bertz CT molecular complexity index is 752. The summed E-state index contributed by atoms with van der Waals surface area (Å²) in [5.74, 6) is -0.371. The Labute approximate surface area is 123 Å². The van der Waals surface area contributed by atoms with Crippen LogP contribution in [-0.4, -0.2) is 50.1 Å². The van der Waals surface area contributed by atoms with Crippen LogP contribution in [-0.2, 0) is 9.84 Å². The molecule has 0 atom stereocenters. The van der Waals surface area contributed by atoms with Crippen LogP contribution in [0.2, 0.25) is 0 Å². The Hall–Kier alpha value is -1.93. The summed E-state index contributed by atoms with van der Waals surface area (Å²) in [6, 6.07) is 5.10. The summed E-state index contributed by atoms with van der Waals surface area (Å²) in [6.07, 6.45) is 3.44. The lowest BCUT2D eigenvalue weighted by molar-refractivity contribution is 0.0950. The minimum atomic E-state index is -3.51. The first-order valence-electron chi connectivity index (χ1n) is 6.55. The molecule has 0 radical (unpaired) electrons. The number of fused-ring (bicyclic) bond motifs is 1. The van der Waals surface area contributed by atoms with Crippen LogP contribution in [0.4, 0.5) is 0 Å². The molecule has 21 heavy (non-hydrogen) atoms. The fourth-order valence-electron chi connectivity index (χ4n) is 1.99. The molecule has 0 spiro atoms. The highest BCUT2D eigenvalue weighted by atomic mass is 32.2. The Morgan fingerprint density at radius 3 is 2.76 bits per heavy atom. The smallest absolute Gasteiger partial charge is 0.272 e. The second-order valence-corrected chi connectivity index (χ2v) is 6.59. The van der Waals surface area contributed by atoms with E-state index in [1.165, 1.54) is 4.40 Å². The maximum Gasteiger partial charge on any atom is 0.272 e. The number of hydrogen-bond donors (Lipinski definition) is 2. The maximum atomic E-state index is 12.2. The molecule has 0 fully saturated rings. The van der Waals surface area contributed by atoms with E-state index < -0.39 is 9.84 Å². The summed E-state index contributed by atoms with van der Waals surface area (Å²) < 4.78 is 24.9. The van der Waals surface area contributed by atoms with E-state index in [1.807, 2.05) is 7.05 Å². The second kappa shape index (κ2) is 6.23. The van der Waals surface area contributed by atoms with Crippen molar-refractivity contribution in [1.29, 1.82) is 0 Å². The van der Waals surface area contributed by atoms with Crippen molar-refractivity contribution < 1.29 is 13.2 Å². The molecule has 0 aromatic carbocycles. The van der Waals surface area contributed by atoms with Gasteiger partial charge in [-0.25, -0.2) is 13.4 Å². The van der Waals surface area contributed by atoms with E-state index in [0.717, 1.165) is 19.2 Å². The third-order valence-electron chi connectivity index (χ3n) is 2.95. The molecule has 0 unspecified atom stereocenters. The lowest BCUT2D eigenvalue weighted by Gasteiger charge is -2.03. The molecule has 0 saturated carbocycles. The molecule has 0 aliphatic heterocycles. The van der Waals surface area contributed by atoms with Gasteiger partial charge < -0.3 is 10.6 Å². The summed E-state index contributed by atoms with van der Waals surface area (Å²) >= 11 is 0. The van der Waals surface area contributed by atoms with E-state index in [1.54, 1.807) is 24.4 Å². The van der Waals surface area contributed by atoms with Gasteiger partial charge in [0.05, 0.1) is 5.52 Å². The first-order chi connectivity index (χ1) is 9.95. The zero-order valence-electron chi connectivity index (χ0n) is 12.0. The number of amides is 1. The zero-order chi connectivity index (χ0) is 15.5. The summed E-state index contributed by atoms with van der Waals surface area (Å²) in [5.41, 5.74) is 0.601. The molecule has 0 saturated heterocycles. The van der Waals surface area contributed by atoms with E-state index in [2.05, 4.69) is 15.6 Å². The predicted molar refractivity (Wildman–Crippen MR) is 79.2 cm³/mol. The third kappa shape index (κ3) is 3.40. The van der Waals surface area contributed by atoms with Crippen LogP contribution in [0.5, 0.6) is 0 Å². The van der Waals surface area contributed by atoms with Gasteiger partial charge in [0, 0.05) is 19.0 Å². The number of carbonyl (C=O) groups is 1. The molecule has 7 nitrogen and oxygen atoms in total. The van der Waals surface area contributed by atoms with Crippen molar-refractivity contribution in [2.75, 3.05) is 26.4 Å². The zero-order valence-corrected chi connectivity index (χ0v) is 12.8. The number of hydrogen-bond acceptors (Lipinski definition) is 5. The molecule has 0 aliphatic rings. The van der Waals surface area contributed by atoms with Crippen LogP contribution in [0.3, 0.4) is 0 Å². The van der Waals surface area contributed by atoms with Gasteiger partial charge in [-0.05, 0) is 32.1 Å². The summed E-state index contributed by atoms with van der Waals surface area (Å²) in [6.45, 7) is 1.29. The van der Waals surface area contributed by atoms with Crippen LogP contribution >= 0.6 is 0 Å². The number of pyridine rings is 1. The van der Waals surface area contributed by atoms with E-state index in [0.29, 0.717) is 12.1 Å². The van der Waals surface area contributed by atoms with Gasteiger partial charge in [-0.2, -0.15) is 0 Å². The minimum Gasteiger partial charge on any atom is -0.351 e. The average molecular weight is 310 g/mol. The Balaban J connectivity index is 2.34. The molecular weight excluding hydrogens is 292 g/mol. The highest BCUT2D eigenvalue weighted by Gasteiger charge is 2.22.